The highest BCUT2D eigenvalue weighted by Gasteiger charge is 2.29. The van der Waals surface area contributed by atoms with E-state index in [0.717, 1.165) is 11.1 Å². The molecule has 7 nitrogen and oxygen atoms in total. The average Bonchev–Trinajstić information content (AvgIpc) is 3.08. The van der Waals surface area contributed by atoms with Gasteiger partial charge in [-0.25, -0.2) is 4.79 Å². The number of nitrogens with one attached hydrogen (secondary N) is 2. The number of hydrogen-bond donors (Lipinski definition) is 3. The summed E-state index contributed by atoms with van der Waals surface area (Å²) in [5.41, 5.74) is 4.65. The molecule has 0 spiro atoms. The van der Waals surface area contributed by atoms with Crippen LogP contribution in [0.3, 0.4) is 0 Å². The number of rotatable bonds is 10. The van der Waals surface area contributed by atoms with Crippen LogP contribution in [-0.2, 0) is 14.3 Å². The fourth-order valence-corrected chi connectivity index (χ4v) is 4.15. The Bertz CT molecular complexity index is 929. The molecule has 3 rings (SSSR count). The van der Waals surface area contributed by atoms with Crippen molar-refractivity contribution in [2.24, 2.45) is 5.92 Å². The standard InChI is InChI=1S/C25H30N2O5/c1-3-17(13-23(28)27-16(2)12-24(29)30)14-26-25(31)32-15-22-20-10-6-4-8-18(20)19-9-5-7-11-21(19)22/h4-11,16-17,22H,3,12-15H2,1-2H3,(H,26,31)(H,27,28)(H,29,30)/t16-,17?/m0/s1. The molecule has 2 amide bonds. The molecule has 2 aromatic rings. The van der Waals surface area contributed by atoms with E-state index in [0.29, 0.717) is 13.0 Å². The molecule has 0 aliphatic heterocycles. The molecule has 1 aliphatic carbocycles. The van der Waals surface area contributed by atoms with Gasteiger partial charge in [0.15, 0.2) is 0 Å². The van der Waals surface area contributed by atoms with E-state index >= 15 is 0 Å². The molecule has 170 valence electrons. The highest BCUT2D eigenvalue weighted by Crippen LogP contribution is 2.44. The van der Waals surface area contributed by atoms with E-state index in [2.05, 4.69) is 34.9 Å². The molecule has 0 saturated heterocycles. The molecule has 1 aliphatic rings. The summed E-state index contributed by atoms with van der Waals surface area (Å²) in [6.45, 7) is 4.15. The van der Waals surface area contributed by atoms with Crippen molar-refractivity contribution in [1.82, 2.24) is 10.6 Å². The zero-order chi connectivity index (χ0) is 23.1. The van der Waals surface area contributed by atoms with Crippen LogP contribution in [0.5, 0.6) is 0 Å². The molecular weight excluding hydrogens is 408 g/mol. The van der Waals surface area contributed by atoms with Crippen LogP contribution in [0, 0.1) is 5.92 Å². The van der Waals surface area contributed by atoms with Crippen LogP contribution in [0.15, 0.2) is 48.5 Å². The third-order valence-electron chi connectivity index (χ3n) is 5.82. The molecule has 0 radical (unpaired) electrons. The van der Waals surface area contributed by atoms with Crippen LogP contribution < -0.4 is 10.6 Å². The Morgan fingerprint density at radius 2 is 1.59 bits per heavy atom. The van der Waals surface area contributed by atoms with Crippen molar-refractivity contribution in [3.63, 3.8) is 0 Å². The number of hydrogen-bond acceptors (Lipinski definition) is 4. The zero-order valence-electron chi connectivity index (χ0n) is 18.5. The van der Waals surface area contributed by atoms with E-state index in [9.17, 15) is 14.4 Å². The molecule has 7 heteroatoms. The van der Waals surface area contributed by atoms with Crippen LogP contribution in [0.1, 0.15) is 50.2 Å². The Balaban J connectivity index is 1.49. The number of carbonyl (C=O) groups excluding carboxylic acids is 2. The quantitative estimate of drug-likeness (QED) is 0.521. The number of carboxylic acids is 1. The number of carbonyl (C=O) groups is 3. The summed E-state index contributed by atoms with van der Waals surface area (Å²) in [6, 6.07) is 15.9. The molecule has 0 saturated carbocycles. The summed E-state index contributed by atoms with van der Waals surface area (Å²) in [5, 5.41) is 14.2. The summed E-state index contributed by atoms with van der Waals surface area (Å²) in [4.78, 5) is 35.2. The summed E-state index contributed by atoms with van der Waals surface area (Å²) < 4.78 is 5.53. The fourth-order valence-electron chi connectivity index (χ4n) is 4.15. The van der Waals surface area contributed by atoms with Gasteiger partial charge in [0.2, 0.25) is 5.91 Å². The third kappa shape index (κ3) is 5.87. The Kier molecular flexibility index (Phi) is 7.87. The van der Waals surface area contributed by atoms with Gasteiger partial charge in [0.1, 0.15) is 6.61 Å². The summed E-state index contributed by atoms with van der Waals surface area (Å²) in [6.07, 6.45) is 0.277. The lowest BCUT2D eigenvalue weighted by Crippen LogP contribution is -2.37. The molecule has 0 fully saturated rings. The lowest BCUT2D eigenvalue weighted by Gasteiger charge is -2.18. The summed E-state index contributed by atoms with van der Waals surface area (Å²) >= 11 is 0. The largest absolute Gasteiger partial charge is 0.481 e. The lowest BCUT2D eigenvalue weighted by atomic mass is 9.98. The van der Waals surface area contributed by atoms with Crippen LogP contribution in [0.25, 0.3) is 11.1 Å². The van der Waals surface area contributed by atoms with Crippen molar-refractivity contribution in [3.05, 3.63) is 59.7 Å². The van der Waals surface area contributed by atoms with E-state index in [4.69, 9.17) is 9.84 Å². The van der Waals surface area contributed by atoms with E-state index in [-0.39, 0.29) is 37.2 Å². The number of fused-ring (bicyclic) bond motifs is 3. The zero-order valence-corrected chi connectivity index (χ0v) is 18.5. The first kappa shape index (κ1) is 23.3. The van der Waals surface area contributed by atoms with Gasteiger partial charge in [-0.05, 0) is 35.1 Å². The minimum absolute atomic E-state index is 0.00313. The lowest BCUT2D eigenvalue weighted by molar-refractivity contribution is -0.137. The van der Waals surface area contributed by atoms with Crippen molar-refractivity contribution in [2.75, 3.05) is 13.2 Å². The van der Waals surface area contributed by atoms with Crippen molar-refractivity contribution in [1.29, 1.82) is 0 Å². The minimum atomic E-state index is -0.957. The Hall–Kier alpha value is -3.35. The summed E-state index contributed by atoms with van der Waals surface area (Å²) in [7, 11) is 0. The van der Waals surface area contributed by atoms with E-state index in [1.807, 2.05) is 31.2 Å². The van der Waals surface area contributed by atoms with Gasteiger partial charge in [0, 0.05) is 24.9 Å². The van der Waals surface area contributed by atoms with Crippen molar-refractivity contribution in [2.45, 2.75) is 45.1 Å². The van der Waals surface area contributed by atoms with Gasteiger partial charge in [-0.3, -0.25) is 9.59 Å². The molecule has 1 unspecified atom stereocenters. The van der Waals surface area contributed by atoms with Gasteiger partial charge in [0.25, 0.3) is 0 Å². The van der Waals surface area contributed by atoms with Crippen LogP contribution in [0.4, 0.5) is 4.79 Å². The predicted octanol–water partition coefficient (Wildman–Crippen LogP) is 3.92. The topological polar surface area (TPSA) is 105 Å². The average molecular weight is 439 g/mol. The smallest absolute Gasteiger partial charge is 0.407 e. The maximum Gasteiger partial charge on any atom is 0.407 e. The van der Waals surface area contributed by atoms with E-state index < -0.39 is 18.1 Å². The van der Waals surface area contributed by atoms with Crippen LogP contribution in [-0.4, -0.2) is 42.3 Å². The normalized spacial score (nSPS) is 14.1. The molecular formula is C25H30N2O5. The first-order chi connectivity index (χ1) is 15.4. The van der Waals surface area contributed by atoms with Crippen molar-refractivity contribution >= 4 is 18.0 Å². The second kappa shape index (κ2) is 10.8. The maximum atomic E-state index is 12.3. The van der Waals surface area contributed by atoms with Gasteiger partial charge in [-0.2, -0.15) is 0 Å². The Morgan fingerprint density at radius 1 is 1.00 bits per heavy atom. The third-order valence-corrected chi connectivity index (χ3v) is 5.82. The number of amides is 2. The second-order valence-electron chi connectivity index (χ2n) is 8.25. The monoisotopic (exact) mass is 438 g/mol. The molecule has 3 N–H and O–H groups in total. The first-order valence-electron chi connectivity index (χ1n) is 11.0. The van der Waals surface area contributed by atoms with Crippen molar-refractivity contribution < 1.29 is 24.2 Å². The van der Waals surface area contributed by atoms with Gasteiger partial charge in [-0.15, -0.1) is 0 Å². The van der Waals surface area contributed by atoms with Gasteiger partial charge in [0.05, 0.1) is 6.42 Å². The highest BCUT2D eigenvalue weighted by atomic mass is 16.5. The fraction of sp³-hybridized carbons (Fsp3) is 0.400. The minimum Gasteiger partial charge on any atom is -0.481 e. The Morgan fingerprint density at radius 3 is 2.16 bits per heavy atom. The van der Waals surface area contributed by atoms with Crippen molar-refractivity contribution in [3.8, 4) is 11.1 Å². The molecule has 2 atom stereocenters. The number of alkyl carbamates (subject to hydrolysis) is 1. The van der Waals surface area contributed by atoms with E-state index in [1.165, 1.54) is 11.1 Å². The second-order valence-corrected chi connectivity index (χ2v) is 8.25. The van der Waals surface area contributed by atoms with E-state index in [1.54, 1.807) is 6.92 Å². The number of aliphatic carboxylic acids is 1. The summed E-state index contributed by atoms with van der Waals surface area (Å²) in [5.74, 6) is -1.24. The molecule has 0 heterocycles. The molecule has 0 aromatic heterocycles. The Labute approximate surface area is 188 Å². The molecule has 2 aromatic carbocycles. The van der Waals surface area contributed by atoms with Gasteiger partial charge in [-0.1, -0.05) is 61.9 Å². The predicted molar refractivity (Wildman–Crippen MR) is 121 cm³/mol. The number of ether oxygens (including phenoxy) is 1. The van der Waals surface area contributed by atoms with Gasteiger partial charge >= 0.3 is 12.1 Å². The molecule has 0 bridgehead atoms. The maximum absolute atomic E-state index is 12.3. The molecule has 32 heavy (non-hydrogen) atoms. The number of carboxylic acid groups (broad SMARTS) is 1. The number of benzene rings is 2. The SMILES string of the molecule is CCC(CNC(=O)OCC1c2ccccc2-c2ccccc21)CC(=O)N[C@@H](C)CC(=O)O. The highest BCUT2D eigenvalue weighted by molar-refractivity contribution is 5.79. The first-order valence-corrected chi connectivity index (χ1v) is 11.0. The van der Waals surface area contributed by atoms with Crippen LogP contribution in [0.2, 0.25) is 0 Å². The van der Waals surface area contributed by atoms with Gasteiger partial charge < -0.3 is 20.5 Å². The van der Waals surface area contributed by atoms with Crippen LogP contribution >= 0.6 is 0 Å².